The number of nitrogens with two attached hydrogens (primary N) is 1. The largest absolute Gasteiger partial charge is 0.391 e. The van der Waals surface area contributed by atoms with Gasteiger partial charge >= 0.3 is 0 Å². The Bertz CT molecular complexity index is 139. The van der Waals surface area contributed by atoms with Crippen LogP contribution in [0, 0.1) is 0 Å². The van der Waals surface area contributed by atoms with Crippen molar-refractivity contribution in [3.8, 4) is 0 Å². The molecule has 0 amide bonds. The van der Waals surface area contributed by atoms with Crippen LogP contribution in [0.4, 0.5) is 0 Å². The fourth-order valence-electron chi connectivity index (χ4n) is 0.691. The first-order valence-corrected chi connectivity index (χ1v) is 4.91. The van der Waals surface area contributed by atoms with Gasteiger partial charge in [-0.3, -0.25) is 4.99 Å². The molecule has 0 aliphatic rings. The summed E-state index contributed by atoms with van der Waals surface area (Å²) in [5.41, 5.74) is 5.57. The van der Waals surface area contributed by atoms with Crippen molar-refractivity contribution >= 4 is 18.5 Å². The maximum atomic E-state index is 9.15. The van der Waals surface area contributed by atoms with Crippen LogP contribution < -0.4 is 5.73 Å². The Balaban J connectivity index is 3.53. The Kier molecular flexibility index (Phi) is 7.29. The number of aliphatic hydroxyl groups is 1. The van der Waals surface area contributed by atoms with Crippen LogP contribution >= 0.6 is 12.6 Å². The molecule has 72 valence electrons. The summed E-state index contributed by atoms with van der Waals surface area (Å²) in [7, 11) is 0. The second-order valence-corrected chi connectivity index (χ2v) is 3.17. The Hall–Kier alpha value is -0.220. The molecular formula is C8H18N2OS. The highest BCUT2D eigenvalue weighted by molar-refractivity contribution is 7.80. The van der Waals surface area contributed by atoms with Crippen molar-refractivity contribution in [1.29, 1.82) is 0 Å². The van der Waals surface area contributed by atoms with Gasteiger partial charge in [0.15, 0.2) is 0 Å². The molecule has 4 heteroatoms. The molecule has 12 heavy (non-hydrogen) atoms. The SMILES string of the molecule is CCC(O)CN=C(N)CCCS. The molecule has 0 aliphatic carbocycles. The zero-order valence-corrected chi connectivity index (χ0v) is 8.43. The maximum Gasteiger partial charge on any atom is 0.0938 e. The van der Waals surface area contributed by atoms with Crippen LogP contribution in [0.5, 0.6) is 0 Å². The zero-order chi connectivity index (χ0) is 9.40. The molecular weight excluding hydrogens is 172 g/mol. The van der Waals surface area contributed by atoms with Gasteiger partial charge in [-0.2, -0.15) is 12.6 Å². The van der Waals surface area contributed by atoms with Crippen molar-refractivity contribution < 1.29 is 5.11 Å². The number of hydrogen-bond acceptors (Lipinski definition) is 3. The highest BCUT2D eigenvalue weighted by Gasteiger charge is 1.98. The predicted octanol–water partition coefficient (Wildman–Crippen LogP) is 0.825. The third-order valence-electron chi connectivity index (χ3n) is 1.57. The molecule has 0 aromatic rings. The van der Waals surface area contributed by atoms with E-state index in [0.717, 1.165) is 25.0 Å². The highest BCUT2D eigenvalue weighted by Crippen LogP contribution is 1.94. The fraction of sp³-hybridized carbons (Fsp3) is 0.875. The van der Waals surface area contributed by atoms with Gasteiger partial charge in [-0.15, -0.1) is 0 Å². The Morgan fingerprint density at radius 2 is 2.33 bits per heavy atom. The van der Waals surface area contributed by atoms with Gasteiger partial charge in [-0.1, -0.05) is 6.92 Å². The minimum absolute atomic E-state index is 0.348. The van der Waals surface area contributed by atoms with Gasteiger partial charge in [0, 0.05) is 6.42 Å². The molecule has 0 aromatic carbocycles. The predicted molar refractivity (Wildman–Crippen MR) is 55.9 cm³/mol. The van der Waals surface area contributed by atoms with E-state index in [1.54, 1.807) is 0 Å². The van der Waals surface area contributed by atoms with Gasteiger partial charge in [-0.25, -0.2) is 0 Å². The summed E-state index contributed by atoms with van der Waals surface area (Å²) in [6.45, 7) is 2.35. The lowest BCUT2D eigenvalue weighted by Gasteiger charge is -2.04. The van der Waals surface area contributed by atoms with Crippen LogP contribution in [-0.2, 0) is 0 Å². The summed E-state index contributed by atoms with van der Waals surface area (Å²) in [6, 6.07) is 0. The van der Waals surface area contributed by atoms with Crippen molar-refractivity contribution in [2.75, 3.05) is 12.3 Å². The molecule has 1 atom stereocenters. The average Bonchev–Trinajstić information content (AvgIpc) is 2.10. The van der Waals surface area contributed by atoms with E-state index in [-0.39, 0.29) is 6.10 Å². The van der Waals surface area contributed by atoms with Crippen molar-refractivity contribution in [2.24, 2.45) is 10.7 Å². The van der Waals surface area contributed by atoms with E-state index in [4.69, 9.17) is 10.8 Å². The second kappa shape index (κ2) is 7.43. The summed E-state index contributed by atoms with van der Waals surface area (Å²) < 4.78 is 0. The summed E-state index contributed by atoms with van der Waals surface area (Å²) >= 11 is 4.06. The van der Waals surface area contributed by atoms with E-state index in [1.165, 1.54) is 0 Å². The van der Waals surface area contributed by atoms with Gasteiger partial charge in [0.05, 0.1) is 18.5 Å². The third-order valence-corrected chi connectivity index (χ3v) is 1.88. The number of nitrogens with zero attached hydrogens (tertiary/aromatic N) is 1. The number of thiol groups is 1. The summed E-state index contributed by atoms with van der Waals surface area (Å²) in [4.78, 5) is 4.04. The molecule has 0 heterocycles. The van der Waals surface area contributed by atoms with E-state index in [2.05, 4.69) is 17.6 Å². The average molecular weight is 190 g/mol. The molecule has 0 spiro atoms. The standard InChI is InChI=1S/C8H18N2OS/c1-2-7(11)6-10-8(9)4-3-5-12/h7,11-12H,2-6H2,1H3,(H2,9,10). The lowest BCUT2D eigenvalue weighted by atomic mass is 10.3. The maximum absolute atomic E-state index is 9.15. The highest BCUT2D eigenvalue weighted by atomic mass is 32.1. The number of aliphatic imine (C=N–C) groups is 1. The van der Waals surface area contributed by atoms with Crippen LogP contribution in [0.3, 0.4) is 0 Å². The second-order valence-electron chi connectivity index (χ2n) is 2.72. The number of rotatable bonds is 6. The van der Waals surface area contributed by atoms with E-state index < -0.39 is 0 Å². The van der Waals surface area contributed by atoms with Crippen molar-refractivity contribution in [3.05, 3.63) is 0 Å². The third kappa shape index (κ3) is 6.49. The fourth-order valence-corrected chi connectivity index (χ4v) is 0.849. The first-order valence-electron chi connectivity index (χ1n) is 4.28. The normalized spacial score (nSPS) is 14.8. The van der Waals surface area contributed by atoms with Crippen LogP contribution in [0.2, 0.25) is 0 Å². The van der Waals surface area contributed by atoms with Crippen LogP contribution in [-0.4, -0.2) is 29.3 Å². The Morgan fingerprint density at radius 1 is 1.67 bits per heavy atom. The first kappa shape index (κ1) is 11.8. The van der Waals surface area contributed by atoms with E-state index in [0.29, 0.717) is 12.4 Å². The Morgan fingerprint density at radius 3 is 2.83 bits per heavy atom. The van der Waals surface area contributed by atoms with Crippen molar-refractivity contribution in [2.45, 2.75) is 32.3 Å². The molecule has 0 rings (SSSR count). The van der Waals surface area contributed by atoms with E-state index >= 15 is 0 Å². The van der Waals surface area contributed by atoms with Crippen LogP contribution in [0.1, 0.15) is 26.2 Å². The summed E-state index contributed by atoms with van der Waals surface area (Å²) in [5.74, 6) is 1.45. The van der Waals surface area contributed by atoms with E-state index in [1.807, 2.05) is 6.92 Å². The minimum Gasteiger partial charge on any atom is -0.391 e. The van der Waals surface area contributed by atoms with Gasteiger partial charge in [0.2, 0.25) is 0 Å². The lowest BCUT2D eigenvalue weighted by Crippen LogP contribution is -2.16. The zero-order valence-electron chi connectivity index (χ0n) is 7.53. The van der Waals surface area contributed by atoms with Gasteiger partial charge in [0.25, 0.3) is 0 Å². The molecule has 1 unspecified atom stereocenters. The van der Waals surface area contributed by atoms with Crippen molar-refractivity contribution in [1.82, 2.24) is 0 Å². The molecule has 0 aromatic heterocycles. The topological polar surface area (TPSA) is 58.6 Å². The first-order chi connectivity index (χ1) is 5.70. The van der Waals surface area contributed by atoms with Crippen molar-refractivity contribution in [3.63, 3.8) is 0 Å². The monoisotopic (exact) mass is 190 g/mol. The molecule has 0 aliphatic heterocycles. The molecule has 0 fully saturated rings. The molecule has 3 nitrogen and oxygen atoms in total. The quantitative estimate of drug-likeness (QED) is 0.330. The number of aliphatic hydroxyl groups excluding tert-OH is 1. The molecule has 0 bridgehead atoms. The molecule has 0 saturated carbocycles. The number of hydrogen-bond donors (Lipinski definition) is 3. The summed E-state index contributed by atoms with van der Waals surface area (Å²) in [5, 5.41) is 9.15. The minimum atomic E-state index is -0.348. The molecule has 3 N–H and O–H groups in total. The van der Waals surface area contributed by atoms with Crippen LogP contribution in [0.15, 0.2) is 4.99 Å². The Labute approximate surface area is 79.5 Å². The number of amidine groups is 1. The summed E-state index contributed by atoms with van der Waals surface area (Å²) in [6.07, 6.45) is 2.10. The van der Waals surface area contributed by atoms with E-state index in [9.17, 15) is 0 Å². The molecule has 0 radical (unpaired) electrons. The van der Waals surface area contributed by atoms with Crippen LogP contribution in [0.25, 0.3) is 0 Å². The lowest BCUT2D eigenvalue weighted by molar-refractivity contribution is 0.179. The van der Waals surface area contributed by atoms with Gasteiger partial charge < -0.3 is 10.8 Å². The van der Waals surface area contributed by atoms with Gasteiger partial charge in [-0.05, 0) is 18.6 Å². The smallest absolute Gasteiger partial charge is 0.0938 e. The molecule has 0 saturated heterocycles. The van der Waals surface area contributed by atoms with Gasteiger partial charge in [0.1, 0.15) is 0 Å².